The zero-order chi connectivity index (χ0) is 23.4. The van der Waals surface area contributed by atoms with Crippen molar-refractivity contribution >= 4 is 34.7 Å². The van der Waals surface area contributed by atoms with Gasteiger partial charge in [-0.25, -0.2) is 14.2 Å². The van der Waals surface area contributed by atoms with Gasteiger partial charge in [0.1, 0.15) is 5.82 Å². The van der Waals surface area contributed by atoms with Crippen molar-refractivity contribution < 1.29 is 18.7 Å². The van der Waals surface area contributed by atoms with E-state index in [1.165, 1.54) is 16.7 Å². The van der Waals surface area contributed by atoms with Crippen LogP contribution in [0.15, 0.2) is 58.5 Å². The molecule has 172 valence electrons. The van der Waals surface area contributed by atoms with Gasteiger partial charge in [0.2, 0.25) is 5.91 Å². The van der Waals surface area contributed by atoms with Crippen LogP contribution in [0.2, 0.25) is 0 Å². The predicted octanol–water partition coefficient (Wildman–Crippen LogP) is 2.92. The zero-order valence-electron chi connectivity index (χ0n) is 18.1. The molecule has 0 radical (unpaired) electrons. The van der Waals surface area contributed by atoms with E-state index in [2.05, 4.69) is 4.98 Å². The third-order valence-corrected chi connectivity index (χ3v) is 6.24. The molecule has 0 bridgehead atoms. The van der Waals surface area contributed by atoms with Crippen molar-refractivity contribution in [1.29, 1.82) is 0 Å². The fourth-order valence-corrected chi connectivity index (χ4v) is 4.53. The summed E-state index contributed by atoms with van der Waals surface area (Å²) in [7, 11) is 0. The molecule has 8 nitrogen and oxygen atoms in total. The van der Waals surface area contributed by atoms with Crippen LogP contribution in [0.1, 0.15) is 6.92 Å². The van der Waals surface area contributed by atoms with Crippen LogP contribution in [0.3, 0.4) is 0 Å². The van der Waals surface area contributed by atoms with Crippen molar-refractivity contribution in [1.82, 2.24) is 19.4 Å². The number of nitrogens with zero attached hydrogens (tertiary/aromatic N) is 4. The minimum absolute atomic E-state index is 0.0264. The first-order valence-corrected chi connectivity index (χ1v) is 11.6. The second-order valence-electron chi connectivity index (χ2n) is 7.36. The second-order valence-corrected chi connectivity index (χ2v) is 8.30. The average molecular weight is 471 g/mol. The summed E-state index contributed by atoms with van der Waals surface area (Å²) < 4.78 is 20.8. The van der Waals surface area contributed by atoms with Crippen LogP contribution >= 0.6 is 11.8 Å². The first-order chi connectivity index (χ1) is 16.0. The summed E-state index contributed by atoms with van der Waals surface area (Å²) in [6.45, 7) is 3.62. The first kappa shape index (κ1) is 22.8. The van der Waals surface area contributed by atoms with E-state index in [-0.39, 0.29) is 28.6 Å². The fraction of sp³-hybridized carbons (Fsp3) is 0.304. The van der Waals surface area contributed by atoms with E-state index < -0.39 is 11.4 Å². The number of para-hydroxylation sites is 2. The standard InChI is InChI=1S/C23H23FN4O4S/c1-2-32-23(31)27-13-11-26(12-14-27)20(29)15-33-22-25-18-9-5-3-7-16(18)21(30)28(22)19-10-6-4-8-17(19)24/h3-10H,2,11-15H2,1H3. The summed E-state index contributed by atoms with van der Waals surface area (Å²) in [4.78, 5) is 45.6. The molecule has 3 aromatic rings. The molecule has 0 spiro atoms. The maximum atomic E-state index is 14.6. The lowest BCUT2D eigenvalue weighted by molar-refractivity contribution is -0.129. The van der Waals surface area contributed by atoms with Gasteiger partial charge in [-0.15, -0.1) is 0 Å². The monoisotopic (exact) mass is 470 g/mol. The van der Waals surface area contributed by atoms with Gasteiger partial charge >= 0.3 is 6.09 Å². The molecule has 0 unspecified atom stereocenters. The Hall–Kier alpha value is -3.40. The maximum absolute atomic E-state index is 14.6. The Morgan fingerprint density at radius 1 is 1.03 bits per heavy atom. The molecule has 2 aromatic carbocycles. The van der Waals surface area contributed by atoms with Crippen molar-refractivity contribution in [2.24, 2.45) is 0 Å². The van der Waals surface area contributed by atoms with Crippen LogP contribution in [0, 0.1) is 5.82 Å². The topological polar surface area (TPSA) is 84.7 Å². The molecule has 2 heterocycles. The molecule has 0 atom stereocenters. The molecular weight excluding hydrogens is 447 g/mol. The highest BCUT2D eigenvalue weighted by molar-refractivity contribution is 7.99. The van der Waals surface area contributed by atoms with Crippen LogP contribution in [-0.2, 0) is 9.53 Å². The summed E-state index contributed by atoms with van der Waals surface area (Å²) >= 11 is 1.09. The number of benzene rings is 2. The molecule has 0 N–H and O–H groups in total. The summed E-state index contributed by atoms with van der Waals surface area (Å²) in [6.07, 6.45) is -0.381. The summed E-state index contributed by atoms with van der Waals surface area (Å²) in [5.74, 6) is -0.676. The molecule has 0 aliphatic carbocycles. The molecule has 1 aromatic heterocycles. The highest BCUT2D eigenvalue weighted by Gasteiger charge is 2.25. The zero-order valence-corrected chi connectivity index (χ0v) is 18.9. The molecule has 33 heavy (non-hydrogen) atoms. The molecule has 1 saturated heterocycles. The fourth-order valence-electron chi connectivity index (χ4n) is 3.63. The summed E-state index contributed by atoms with van der Waals surface area (Å²) in [6, 6.07) is 12.8. The number of hydrogen-bond acceptors (Lipinski definition) is 6. The number of ether oxygens (including phenoxy) is 1. The van der Waals surface area contributed by atoms with E-state index in [0.717, 1.165) is 11.8 Å². The van der Waals surface area contributed by atoms with Gasteiger partial charge in [-0.05, 0) is 31.2 Å². The van der Waals surface area contributed by atoms with E-state index in [4.69, 9.17) is 4.74 Å². The Morgan fingerprint density at radius 2 is 1.70 bits per heavy atom. The molecule has 2 amide bonds. The van der Waals surface area contributed by atoms with Crippen molar-refractivity contribution in [3.63, 3.8) is 0 Å². The number of carbonyl (C=O) groups is 2. The molecule has 1 aliphatic heterocycles. The number of hydrogen-bond donors (Lipinski definition) is 0. The van der Waals surface area contributed by atoms with Crippen LogP contribution in [0.4, 0.5) is 9.18 Å². The summed E-state index contributed by atoms with van der Waals surface area (Å²) in [5.41, 5.74) is 0.163. The van der Waals surface area contributed by atoms with Crippen molar-refractivity contribution in [3.05, 3.63) is 64.7 Å². The van der Waals surface area contributed by atoms with Crippen LogP contribution in [0.25, 0.3) is 16.6 Å². The van der Waals surface area contributed by atoms with Gasteiger partial charge in [0.05, 0.1) is 29.0 Å². The lowest BCUT2D eigenvalue weighted by Gasteiger charge is -2.34. The number of amides is 2. The number of piperazine rings is 1. The minimum atomic E-state index is -0.556. The Balaban J connectivity index is 1.55. The van der Waals surface area contributed by atoms with Crippen LogP contribution < -0.4 is 5.56 Å². The lowest BCUT2D eigenvalue weighted by Crippen LogP contribution is -2.51. The number of halogens is 1. The van der Waals surface area contributed by atoms with Gasteiger partial charge < -0.3 is 14.5 Å². The number of carbonyl (C=O) groups excluding carboxylic acids is 2. The van der Waals surface area contributed by atoms with Crippen molar-refractivity contribution in [3.8, 4) is 5.69 Å². The molecule has 1 aliphatic rings. The number of thioether (sulfide) groups is 1. The van der Waals surface area contributed by atoms with E-state index in [9.17, 15) is 18.8 Å². The van der Waals surface area contributed by atoms with Gasteiger partial charge in [0.15, 0.2) is 5.16 Å². The smallest absolute Gasteiger partial charge is 0.409 e. The highest BCUT2D eigenvalue weighted by Crippen LogP contribution is 2.23. The normalized spacial score (nSPS) is 13.9. The van der Waals surface area contributed by atoms with E-state index in [1.807, 2.05) is 0 Å². The molecular formula is C23H23FN4O4S. The number of rotatable bonds is 5. The quantitative estimate of drug-likeness (QED) is 0.421. The van der Waals surface area contributed by atoms with Crippen molar-refractivity contribution in [2.75, 3.05) is 38.5 Å². The third kappa shape index (κ3) is 4.85. The van der Waals surface area contributed by atoms with E-state index in [0.29, 0.717) is 43.7 Å². The average Bonchev–Trinajstić information content (AvgIpc) is 2.83. The Labute approximate surface area is 194 Å². The minimum Gasteiger partial charge on any atom is -0.450 e. The Kier molecular flexibility index (Phi) is 6.93. The van der Waals surface area contributed by atoms with E-state index in [1.54, 1.807) is 53.1 Å². The van der Waals surface area contributed by atoms with Crippen LogP contribution in [-0.4, -0.2) is 69.9 Å². The third-order valence-electron chi connectivity index (χ3n) is 5.32. The van der Waals surface area contributed by atoms with Gasteiger partial charge in [-0.1, -0.05) is 36.0 Å². The van der Waals surface area contributed by atoms with Gasteiger partial charge in [0.25, 0.3) is 5.56 Å². The van der Waals surface area contributed by atoms with Gasteiger partial charge in [0, 0.05) is 26.2 Å². The predicted molar refractivity (Wildman–Crippen MR) is 123 cm³/mol. The Bertz CT molecular complexity index is 1240. The number of fused-ring (bicyclic) bond motifs is 1. The van der Waals surface area contributed by atoms with E-state index >= 15 is 0 Å². The van der Waals surface area contributed by atoms with Gasteiger partial charge in [-0.2, -0.15) is 0 Å². The Morgan fingerprint density at radius 3 is 2.42 bits per heavy atom. The maximum Gasteiger partial charge on any atom is 0.409 e. The molecule has 1 fully saturated rings. The largest absolute Gasteiger partial charge is 0.450 e. The second kappa shape index (κ2) is 10.0. The molecule has 4 rings (SSSR count). The molecule has 10 heteroatoms. The first-order valence-electron chi connectivity index (χ1n) is 10.6. The SMILES string of the molecule is CCOC(=O)N1CCN(C(=O)CSc2nc3ccccc3c(=O)n2-c2ccccc2F)CC1. The van der Waals surface area contributed by atoms with Crippen molar-refractivity contribution in [2.45, 2.75) is 12.1 Å². The van der Waals surface area contributed by atoms with Gasteiger partial charge in [-0.3, -0.25) is 14.2 Å². The number of aromatic nitrogens is 2. The lowest BCUT2D eigenvalue weighted by atomic mass is 10.2. The van der Waals surface area contributed by atoms with Crippen LogP contribution in [0.5, 0.6) is 0 Å². The summed E-state index contributed by atoms with van der Waals surface area (Å²) in [5, 5.41) is 0.605. The molecule has 0 saturated carbocycles. The highest BCUT2D eigenvalue weighted by atomic mass is 32.2.